The van der Waals surface area contributed by atoms with Crippen LogP contribution in [0.2, 0.25) is 0 Å². The second-order valence-electron chi connectivity index (χ2n) is 2.79. The van der Waals surface area contributed by atoms with E-state index in [1.54, 1.807) is 26.1 Å². The molecule has 0 N–H and O–H groups in total. The van der Waals surface area contributed by atoms with Crippen LogP contribution in [0.3, 0.4) is 0 Å². The van der Waals surface area contributed by atoms with Crippen LogP contribution in [0.4, 0.5) is 10.1 Å². The standard InChI is InChI=1S/C10H12FNO/c1-3-10(13)12(2)9-6-4-5-8(11)7-9/h4-7H,3H2,1-2H3. The van der Waals surface area contributed by atoms with Crippen molar-refractivity contribution in [2.45, 2.75) is 13.3 Å². The first-order valence-corrected chi connectivity index (χ1v) is 4.17. The number of rotatable bonds is 2. The van der Waals surface area contributed by atoms with Gasteiger partial charge in [-0.25, -0.2) is 4.39 Å². The molecule has 0 aromatic heterocycles. The molecule has 1 amide bonds. The Morgan fingerprint density at radius 3 is 2.77 bits per heavy atom. The first-order valence-electron chi connectivity index (χ1n) is 4.17. The van der Waals surface area contributed by atoms with Gasteiger partial charge in [-0.15, -0.1) is 0 Å². The topological polar surface area (TPSA) is 20.3 Å². The van der Waals surface area contributed by atoms with Gasteiger partial charge in [-0.1, -0.05) is 13.0 Å². The summed E-state index contributed by atoms with van der Waals surface area (Å²) >= 11 is 0. The summed E-state index contributed by atoms with van der Waals surface area (Å²) in [5.74, 6) is -0.348. The SMILES string of the molecule is CCC(=O)N(C)c1cccc(F)c1. The molecular weight excluding hydrogens is 169 g/mol. The van der Waals surface area contributed by atoms with Crippen LogP contribution in [0.1, 0.15) is 13.3 Å². The van der Waals surface area contributed by atoms with Gasteiger partial charge in [0, 0.05) is 19.2 Å². The number of anilines is 1. The molecule has 0 saturated carbocycles. The zero-order valence-electron chi connectivity index (χ0n) is 7.75. The van der Waals surface area contributed by atoms with Crippen molar-refractivity contribution in [3.63, 3.8) is 0 Å². The van der Waals surface area contributed by atoms with Crippen LogP contribution >= 0.6 is 0 Å². The van der Waals surface area contributed by atoms with Crippen molar-refractivity contribution in [3.05, 3.63) is 30.1 Å². The Labute approximate surface area is 77.0 Å². The Bertz CT molecular complexity index is 312. The second-order valence-corrected chi connectivity index (χ2v) is 2.79. The molecule has 1 aromatic rings. The van der Waals surface area contributed by atoms with Gasteiger partial charge < -0.3 is 4.90 Å². The third kappa shape index (κ3) is 2.28. The largest absolute Gasteiger partial charge is 0.315 e. The van der Waals surface area contributed by atoms with Gasteiger partial charge >= 0.3 is 0 Å². The summed E-state index contributed by atoms with van der Waals surface area (Å²) in [4.78, 5) is 12.7. The minimum absolute atomic E-state index is 0.0226. The van der Waals surface area contributed by atoms with Crippen molar-refractivity contribution in [2.24, 2.45) is 0 Å². The quantitative estimate of drug-likeness (QED) is 0.685. The fourth-order valence-electron chi connectivity index (χ4n) is 1.07. The number of carbonyl (C=O) groups excluding carboxylic acids is 1. The van der Waals surface area contributed by atoms with E-state index >= 15 is 0 Å². The van der Waals surface area contributed by atoms with E-state index in [2.05, 4.69) is 0 Å². The highest BCUT2D eigenvalue weighted by molar-refractivity contribution is 5.92. The van der Waals surface area contributed by atoms with Crippen molar-refractivity contribution in [1.29, 1.82) is 0 Å². The summed E-state index contributed by atoms with van der Waals surface area (Å²) in [7, 11) is 1.64. The lowest BCUT2D eigenvalue weighted by Crippen LogP contribution is -2.24. The molecule has 0 unspecified atom stereocenters. The fourth-order valence-corrected chi connectivity index (χ4v) is 1.07. The molecule has 0 saturated heterocycles. The monoisotopic (exact) mass is 181 g/mol. The third-order valence-corrected chi connectivity index (χ3v) is 1.87. The predicted molar refractivity (Wildman–Crippen MR) is 50.1 cm³/mol. The van der Waals surface area contributed by atoms with Gasteiger partial charge in [0.2, 0.25) is 5.91 Å². The van der Waals surface area contributed by atoms with E-state index < -0.39 is 0 Å². The maximum absolute atomic E-state index is 12.8. The second kappa shape index (κ2) is 4.03. The van der Waals surface area contributed by atoms with E-state index in [-0.39, 0.29) is 11.7 Å². The van der Waals surface area contributed by atoms with Crippen LogP contribution < -0.4 is 4.90 Å². The highest BCUT2D eigenvalue weighted by Crippen LogP contribution is 2.14. The highest BCUT2D eigenvalue weighted by atomic mass is 19.1. The van der Waals surface area contributed by atoms with E-state index in [1.807, 2.05) is 0 Å². The van der Waals surface area contributed by atoms with Crippen molar-refractivity contribution < 1.29 is 9.18 Å². The summed E-state index contributed by atoms with van der Waals surface area (Å²) in [6.07, 6.45) is 0.424. The van der Waals surface area contributed by atoms with E-state index in [0.717, 1.165) is 0 Å². The normalized spacial score (nSPS) is 9.77. The fraction of sp³-hybridized carbons (Fsp3) is 0.300. The lowest BCUT2D eigenvalue weighted by atomic mass is 10.3. The van der Waals surface area contributed by atoms with Crippen LogP contribution in [0.15, 0.2) is 24.3 Å². The van der Waals surface area contributed by atoms with E-state index in [1.165, 1.54) is 17.0 Å². The first kappa shape index (κ1) is 9.71. The number of benzene rings is 1. The van der Waals surface area contributed by atoms with Gasteiger partial charge in [0.1, 0.15) is 5.82 Å². The van der Waals surface area contributed by atoms with E-state index in [9.17, 15) is 9.18 Å². The van der Waals surface area contributed by atoms with Gasteiger partial charge in [0.05, 0.1) is 0 Å². The van der Waals surface area contributed by atoms with Gasteiger partial charge in [0.15, 0.2) is 0 Å². The lowest BCUT2D eigenvalue weighted by molar-refractivity contribution is -0.118. The zero-order valence-corrected chi connectivity index (χ0v) is 7.75. The average Bonchev–Trinajstić information content (AvgIpc) is 2.15. The molecule has 1 aromatic carbocycles. The molecule has 70 valence electrons. The number of nitrogens with zero attached hydrogens (tertiary/aromatic N) is 1. The van der Waals surface area contributed by atoms with Gasteiger partial charge in [-0.05, 0) is 18.2 Å². The lowest BCUT2D eigenvalue weighted by Gasteiger charge is -2.15. The third-order valence-electron chi connectivity index (χ3n) is 1.87. The molecule has 13 heavy (non-hydrogen) atoms. The number of amides is 1. The molecule has 0 spiro atoms. The molecule has 0 aliphatic heterocycles. The van der Waals surface area contributed by atoms with Crippen LogP contribution in [-0.4, -0.2) is 13.0 Å². The minimum atomic E-state index is -0.326. The summed E-state index contributed by atoms with van der Waals surface area (Å²) in [6.45, 7) is 1.78. The highest BCUT2D eigenvalue weighted by Gasteiger charge is 2.07. The summed E-state index contributed by atoms with van der Waals surface area (Å²) < 4.78 is 12.8. The van der Waals surface area contributed by atoms with Crippen LogP contribution in [-0.2, 0) is 4.79 Å². The molecule has 0 bridgehead atoms. The van der Waals surface area contributed by atoms with Crippen molar-refractivity contribution >= 4 is 11.6 Å². The molecule has 3 heteroatoms. The minimum Gasteiger partial charge on any atom is -0.315 e. The Morgan fingerprint density at radius 2 is 2.23 bits per heavy atom. The van der Waals surface area contributed by atoms with Gasteiger partial charge in [-0.3, -0.25) is 4.79 Å². The summed E-state index contributed by atoms with van der Waals surface area (Å²) in [5.41, 5.74) is 0.590. The van der Waals surface area contributed by atoms with Crippen molar-refractivity contribution in [3.8, 4) is 0 Å². The van der Waals surface area contributed by atoms with Crippen molar-refractivity contribution in [2.75, 3.05) is 11.9 Å². The summed E-state index contributed by atoms with van der Waals surface area (Å²) in [5, 5.41) is 0. The number of carbonyl (C=O) groups is 1. The number of halogens is 1. The molecule has 1 rings (SSSR count). The number of hydrogen-bond acceptors (Lipinski definition) is 1. The van der Waals surface area contributed by atoms with Gasteiger partial charge in [-0.2, -0.15) is 0 Å². The van der Waals surface area contributed by atoms with Crippen LogP contribution in [0.25, 0.3) is 0 Å². The molecule has 0 radical (unpaired) electrons. The molecule has 0 fully saturated rings. The molecule has 0 heterocycles. The van der Waals surface area contributed by atoms with E-state index in [0.29, 0.717) is 12.1 Å². The van der Waals surface area contributed by atoms with Crippen LogP contribution in [0.5, 0.6) is 0 Å². The first-order chi connectivity index (χ1) is 6.15. The molecule has 0 aliphatic rings. The smallest absolute Gasteiger partial charge is 0.226 e. The molecule has 0 aliphatic carbocycles. The predicted octanol–water partition coefficient (Wildman–Crippen LogP) is 2.20. The van der Waals surface area contributed by atoms with E-state index in [4.69, 9.17) is 0 Å². The molecule has 2 nitrogen and oxygen atoms in total. The summed E-state index contributed by atoms with van der Waals surface area (Å²) in [6, 6.07) is 5.99. The molecule has 0 atom stereocenters. The Balaban J connectivity index is 2.88. The van der Waals surface area contributed by atoms with Gasteiger partial charge in [0.25, 0.3) is 0 Å². The number of hydrogen-bond donors (Lipinski definition) is 0. The Kier molecular flexibility index (Phi) is 3.01. The Hall–Kier alpha value is -1.38. The zero-order chi connectivity index (χ0) is 9.84. The molecular formula is C10H12FNO. The average molecular weight is 181 g/mol. The Morgan fingerprint density at radius 1 is 1.54 bits per heavy atom. The van der Waals surface area contributed by atoms with Crippen molar-refractivity contribution in [1.82, 2.24) is 0 Å². The van der Waals surface area contributed by atoms with Crippen LogP contribution in [0, 0.1) is 5.82 Å². The maximum atomic E-state index is 12.8. The maximum Gasteiger partial charge on any atom is 0.226 e.